The summed E-state index contributed by atoms with van der Waals surface area (Å²) in [6.07, 6.45) is 2.53. The van der Waals surface area contributed by atoms with E-state index in [0.717, 1.165) is 22.9 Å². The van der Waals surface area contributed by atoms with E-state index in [1.54, 1.807) is 11.0 Å². The summed E-state index contributed by atoms with van der Waals surface area (Å²) in [6, 6.07) is 12.5. The Labute approximate surface area is 221 Å². The second-order valence-electron chi connectivity index (χ2n) is 9.83. The minimum Gasteiger partial charge on any atom is -0.330 e. The smallest absolute Gasteiger partial charge is 0.319 e. The molecule has 0 aliphatic carbocycles. The summed E-state index contributed by atoms with van der Waals surface area (Å²) in [7, 11) is 3.93. The first-order valence-corrected chi connectivity index (χ1v) is 12.2. The highest BCUT2D eigenvalue weighted by Crippen LogP contribution is 2.40. The van der Waals surface area contributed by atoms with E-state index in [-0.39, 0.29) is 30.2 Å². The number of H-pyrrole nitrogens is 1. The molecule has 4 rings (SSSR count). The van der Waals surface area contributed by atoms with Gasteiger partial charge < -0.3 is 25.8 Å². The predicted octanol–water partition coefficient (Wildman–Crippen LogP) is 3.24. The van der Waals surface area contributed by atoms with E-state index in [1.165, 1.54) is 12.3 Å². The lowest BCUT2D eigenvalue weighted by Gasteiger charge is -2.34. The topological polar surface area (TPSA) is 135 Å². The number of urea groups is 1. The molecule has 11 heteroatoms. The Balaban J connectivity index is 1.48. The molecule has 0 saturated heterocycles. The number of carbonyl (C=O) groups is 3. The highest BCUT2D eigenvalue weighted by atomic mass is 16.2. The number of amides is 4. The van der Waals surface area contributed by atoms with Crippen LogP contribution in [-0.2, 0) is 16.9 Å². The predicted molar refractivity (Wildman–Crippen MR) is 144 cm³/mol. The van der Waals surface area contributed by atoms with E-state index in [1.807, 2.05) is 63.2 Å². The second-order valence-corrected chi connectivity index (χ2v) is 9.83. The molecule has 0 saturated carbocycles. The highest BCUT2D eigenvalue weighted by molar-refractivity contribution is 6.03. The minimum atomic E-state index is -0.683. The number of fused-ring (bicyclic) bond motifs is 1. The summed E-state index contributed by atoms with van der Waals surface area (Å²) >= 11 is 0. The van der Waals surface area contributed by atoms with E-state index in [9.17, 15) is 14.4 Å². The average Bonchev–Trinajstić information content (AvgIpc) is 3.41. The van der Waals surface area contributed by atoms with Crippen LogP contribution in [0, 0.1) is 0 Å². The third kappa shape index (κ3) is 5.57. The number of aromatic nitrogens is 3. The summed E-state index contributed by atoms with van der Waals surface area (Å²) in [4.78, 5) is 45.7. The summed E-state index contributed by atoms with van der Waals surface area (Å²) in [5.41, 5.74) is 2.41. The number of benzene rings is 1. The Morgan fingerprint density at radius 3 is 2.53 bits per heavy atom. The van der Waals surface area contributed by atoms with Crippen LogP contribution in [0.2, 0.25) is 0 Å². The van der Waals surface area contributed by atoms with Gasteiger partial charge in [0.25, 0.3) is 5.91 Å². The lowest BCUT2D eigenvalue weighted by Crippen LogP contribution is -2.48. The lowest BCUT2D eigenvalue weighted by molar-refractivity contribution is -0.111. The molecule has 0 unspecified atom stereocenters. The number of pyridine rings is 1. The van der Waals surface area contributed by atoms with Crippen LogP contribution in [0.1, 0.15) is 47.2 Å². The normalized spacial score (nSPS) is 14.5. The fourth-order valence-electron chi connectivity index (χ4n) is 4.42. The van der Waals surface area contributed by atoms with Crippen molar-refractivity contribution >= 4 is 29.4 Å². The van der Waals surface area contributed by atoms with Crippen LogP contribution >= 0.6 is 0 Å². The van der Waals surface area contributed by atoms with Crippen molar-refractivity contribution in [1.82, 2.24) is 30.3 Å². The lowest BCUT2D eigenvalue weighted by atomic mass is 10.0. The molecule has 198 valence electrons. The van der Waals surface area contributed by atoms with Crippen LogP contribution in [0.5, 0.6) is 0 Å². The van der Waals surface area contributed by atoms with Crippen molar-refractivity contribution in [2.45, 2.75) is 32.0 Å². The molecular weight excluding hydrogens is 484 g/mol. The number of hydrogen-bond acceptors (Lipinski definition) is 6. The van der Waals surface area contributed by atoms with E-state index >= 15 is 0 Å². The Hall–Kier alpha value is -4.51. The molecule has 1 atom stereocenters. The average molecular weight is 517 g/mol. The largest absolute Gasteiger partial charge is 0.330 e. The van der Waals surface area contributed by atoms with Gasteiger partial charge in [0, 0.05) is 12.1 Å². The third-order valence-corrected chi connectivity index (χ3v) is 6.44. The van der Waals surface area contributed by atoms with Crippen molar-refractivity contribution in [2.75, 3.05) is 31.3 Å². The maximum atomic E-state index is 13.5. The van der Waals surface area contributed by atoms with Gasteiger partial charge in [-0.15, -0.1) is 0 Å². The van der Waals surface area contributed by atoms with E-state index in [2.05, 4.69) is 37.7 Å². The molecule has 38 heavy (non-hydrogen) atoms. The SMILES string of the molecule is C=CC(=O)Nc1ccc(C(=O)Nc2n[nH]c3c2CN(C(=O)N[C@H](CN(C)C)c2ccccc2)C3(C)C)nc1. The van der Waals surface area contributed by atoms with Crippen molar-refractivity contribution < 1.29 is 14.4 Å². The first kappa shape index (κ1) is 26.6. The van der Waals surface area contributed by atoms with E-state index < -0.39 is 11.4 Å². The third-order valence-electron chi connectivity index (χ3n) is 6.44. The van der Waals surface area contributed by atoms with Crippen LogP contribution < -0.4 is 16.0 Å². The first-order chi connectivity index (χ1) is 18.1. The Kier molecular flexibility index (Phi) is 7.58. The minimum absolute atomic E-state index is 0.152. The molecule has 0 bridgehead atoms. The zero-order valence-electron chi connectivity index (χ0n) is 21.9. The van der Waals surface area contributed by atoms with Crippen LogP contribution in [0.3, 0.4) is 0 Å². The fraction of sp³-hybridized carbons (Fsp3) is 0.296. The number of carbonyl (C=O) groups excluding carboxylic acids is 3. The maximum absolute atomic E-state index is 13.5. The zero-order valence-corrected chi connectivity index (χ0v) is 21.9. The number of rotatable bonds is 8. The molecule has 11 nitrogen and oxygen atoms in total. The molecule has 0 spiro atoms. The molecule has 1 aromatic carbocycles. The second kappa shape index (κ2) is 10.9. The van der Waals surface area contributed by atoms with E-state index in [0.29, 0.717) is 18.1 Å². The molecule has 3 heterocycles. The molecular formula is C27H32N8O3. The van der Waals surface area contributed by atoms with Crippen LogP contribution in [0.4, 0.5) is 16.3 Å². The van der Waals surface area contributed by atoms with Crippen molar-refractivity contribution in [2.24, 2.45) is 0 Å². The molecule has 3 aromatic rings. The molecule has 0 fully saturated rings. The molecule has 4 amide bonds. The first-order valence-electron chi connectivity index (χ1n) is 12.2. The summed E-state index contributed by atoms with van der Waals surface area (Å²) in [5.74, 6) is -0.493. The number of likely N-dealkylation sites (N-methyl/N-ethyl adjacent to an activating group) is 1. The van der Waals surface area contributed by atoms with Gasteiger partial charge in [-0.05, 0) is 51.7 Å². The number of nitrogens with one attached hydrogen (secondary N) is 4. The van der Waals surface area contributed by atoms with Gasteiger partial charge in [-0.25, -0.2) is 9.78 Å². The fourth-order valence-corrected chi connectivity index (χ4v) is 4.42. The van der Waals surface area contributed by atoms with Gasteiger partial charge in [-0.1, -0.05) is 36.9 Å². The van der Waals surface area contributed by atoms with Gasteiger partial charge >= 0.3 is 6.03 Å². The van der Waals surface area contributed by atoms with Gasteiger partial charge in [0.1, 0.15) is 5.69 Å². The molecule has 1 aliphatic heterocycles. The summed E-state index contributed by atoms with van der Waals surface area (Å²) in [6.45, 7) is 8.18. The van der Waals surface area contributed by atoms with E-state index in [4.69, 9.17) is 0 Å². The maximum Gasteiger partial charge on any atom is 0.319 e. The van der Waals surface area contributed by atoms with Gasteiger partial charge in [-0.2, -0.15) is 5.10 Å². The molecule has 1 aliphatic rings. The monoisotopic (exact) mass is 516 g/mol. The Bertz CT molecular complexity index is 1330. The van der Waals surface area contributed by atoms with Crippen molar-refractivity contribution in [1.29, 1.82) is 0 Å². The standard InChI is InChI=1S/C27H32N8O3/c1-6-22(36)29-18-12-13-20(28-14-18)25(37)31-24-19-15-35(27(2,3)23(19)32-33-24)26(38)30-21(16-34(4)5)17-10-8-7-9-11-17/h6-14,21H,1,15-16H2,2-5H3,(H,29,36)(H,30,38)(H2,31,32,33,37)/t21-/m1/s1. The van der Waals surface area contributed by atoms with Crippen LogP contribution in [-0.4, -0.2) is 63.5 Å². The number of aromatic amines is 1. The Morgan fingerprint density at radius 2 is 1.89 bits per heavy atom. The van der Waals surface area contributed by atoms with Gasteiger partial charge in [0.2, 0.25) is 5.91 Å². The van der Waals surface area contributed by atoms with Crippen LogP contribution in [0.25, 0.3) is 0 Å². The van der Waals surface area contributed by atoms with Crippen molar-refractivity contribution in [3.8, 4) is 0 Å². The molecule has 2 aromatic heterocycles. The number of nitrogens with zero attached hydrogens (tertiary/aromatic N) is 4. The van der Waals surface area contributed by atoms with Gasteiger partial charge in [0.15, 0.2) is 5.82 Å². The Morgan fingerprint density at radius 1 is 1.16 bits per heavy atom. The van der Waals surface area contributed by atoms with Crippen LogP contribution in [0.15, 0.2) is 61.3 Å². The van der Waals surface area contributed by atoms with Crippen molar-refractivity contribution in [3.05, 3.63) is 83.8 Å². The van der Waals surface area contributed by atoms with Gasteiger partial charge in [-0.3, -0.25) is 14.7 Å². The molecule has 4 N–H and O–H groups in total. The number of anilines is 2. The van der Waals surface area contributed by atoms with Gasteiger partial charge in [0.05, 0.1) is 35.7 Å². The van der Waals surface area contributed by atoms with Crippen molar-refractivity contribution in [3.63, 3.8) is 0 Å². The quantitative estimate of drug-likeness (QED) is 0.340. The summed E-state index contributed by atoms with van der Waals surface area (Å²) < 4.78 is 0. The summed E-state index contributed by atoms with van der Waals surface area (Å²) in [5, 5.41) is 15.8. The zero-order chi connectivity index (χ0) is 27.4. The highest BCUT2D eigenvalue weighted by Gasteiger charge is 2.44. The molecule has 0 radical (unpaired) electrons. The number of hydrogen-bond donors (Lipinski definition) is 4.